The first-order chi connectivity index (χ1) is 9.10. The standard InChI is InChI=1S/C15H33NO3/c1-4-5-6-7-8-19-12-15(18)10-16-14(11-17)9-13(2)3/h13-18H,4-12H2,1-3H3. The zero-order valence-corrected chi connectivity index (χ0v) is 12.9. The molecular formula is C15H33NO3. The zero-order chi connectivity index (χ0) is 14.5. The highest BCUT2D eigenvalue weighted by molar-refractivity contribution is 4.69. The minimum absolute atomic E-state index is 0.0687. The van der Waals surface area contributed by atoms with Crippen LogP contribution in [0.1, 0.15) is 52.9 Å². The smallest absolute Gasteiger partial charge is 0.0897 e. The molecule has 2 unspecified atom stereocenters. The lowest BCUT2D eigenvalue weighted by Crippen LogP contribution is -2.40. The summed E-state index contributed by atoms with van der Waals surface area (Å²) in [4.78, 5) is 0. The van der Waals surface area contributed by atoms with Gasteiger partial charge < -0.3 is 20.3 Å². The molecule has 0 radical (unpaired) electrons. The number of aliphatic hydroxyl groups is 2. The van der Waals surface area contributed by atoms with Gasteiger partial charge in [0.05, 0.1) is 19.3 Å². The summed E-state index contributed by atoms with van der Waals surface area (Å²) in [7, 11) is 0. The Bertz CT molecular complexity index is 188. The Labute approximate surface area is 118 Å². The quantitative estimate of drug-likeness (QED) is 0.450. The average Bonchev–Trinajstić information content (AvgIpc) is 2.38. The van der Waals surface area contributed by atoms with Crippen LogP contribution >= 0.6 is 0 Å². The summed E-state index contributed by atoms with van der Waals surface area (Å²) in [5.74, 6) is 0.539. The van der Waals surface area contributed by atoms with Gasteiger partial charge in [0, 0.05) is 19.2 Å². The first-order valence-corrected chi connectivity index (χ1v) is 7.70. The van der Waals surface area contributed by atoms with E-state index in [1.165, 1.54) is 19.3 Å². The van der Waals surface area contributed by atoms with Crippen molar-refractivity contribution in [1.82, 2.24) is 5.32 Å². The van der Waals surface area contributed by atoms with Crippen molar-refractivity contribution in [3.63, 3.8) is 0 Å². The third-order valence-electron chi connectivity index (χ3n) is 3.07. The Kier molecular flexibility index (Phi) is 12.7. The van der Waals surface area contributed by atoms with Crippen LogP contribution in [0.4, 0.5) is 0 Å². The van der Waals surface area contributed by atoms with Crippen molar-refractivity contribution in [3.8, 4) is 0 Å². The first-order valence-electron chi connectivity index (χ1n) is 7.70. The van der Waals surface area contributed by atoms with Gasteiger partial charge in [-0.05, 0) is 18.8 Å². The van der Waals surface area contributed by atoms with Crippen LogP contribution in [0.2, 0.25) is 0 Å². The Morgan fingerprint density at radius 3 is 2.47 bits per heavy atom. The number of hydrogen-bond acceptors (Lipinski definition) is 4. The van der Waals surface area contributed by atoms with E-state index < -0.39 is 6.10 Å². The fourth-order valence-corrected chi connectivity index (χ4v) is 2.00. The molecule has 0 bridgehead atoms. The molecule has 0 saturated carbocycles. The van der Waals surface area contributed by atoms with Gasteiger partial charge in [0.25, 0.3) is 0 Å². The van der Waals surface area contributed by atoms with E-state index in [1.807, 2.05) is 0 Å². The Morgan fingerprint density at radius 1 is 1.16 bits per heavy atom. The van der Waals surface area contributed by atoms with Crippen LogP contribution in [0.25, 0.3) is 0 Å². The minimum atomic E-state index is -0.493. The highest BCUT2D eigenvalue weighted by Crippen LogP contribution is 2.04. The molecule has 0 aromatic heterocycles. The fraction of sp³-hybridized carbons (Fsp3) is 1.00. The average molecular weight is 275 g/mol. The van der Waals surface area contributed by atoms with Gasteiger partial charge in [-0.1, -0.05) is 40.0 Å². The van der Waals surface area contributed by atoms with Gasteiger partial charge in [-0.15, -0.1) is 0 Å². The summed E-state index contributed by atoms with van der Waals surface area (Å²) < 4.78 is 5.44. The van der Waals surface area contributed by atoms with Crippen LogP contribution in [0, 0.1) is 5.92 Å². The van der Waals surface area contributed by atoms with Crippen molar-refractivity contribution < 1.29 is 14.9 Å². The minimum Gasteiger partial charge on any atom is -0.395 e. The normalized spacial score (nSPS) is 14.8. The SMILES string of the molecule is CCCCCCOCC(O)CNC(CO)CC(C)C. The number of nitrogens with one attached hydrogen (secondary N) is 1. The lowest BCUT2D eigenvalue weighted by atomic mass is 10.0. The maximum absolute atomic E-state index is 9.76. The molecule has 0 rings (SSSR count). The van der Waals surface area contributed by atoms with Crippen molar-refractivity contribution >= 4 is 0 Å². The molecule has 3 N–H and O–H groups in total. The molecule has 0 amide bonds. The van der Waals surface area contributed by atoms with Crippen LogP contribution < -0.4 is 5.32 Å². The molecule has 4 heteroatoms. The van der Waals surface area contributed by atoms with Crippen LogP contribution in [-0.2, 0) is 4.74 Å². The van der Waals surface area contributed by atoms with Crippen molar-refractivity contribution in [3.05, 3.63) is 0 Å². The largest absolute Gasteiger partial charge is 0.395 e. The van der Waals surface area contributed by atoms with E-state index in [0.29, 0.717) is 19.1 Å². The summed E-state index contributed by atoms with van der Waals surface area (Å²) in [6.45, 7) is 8.13. The first kappa shape index (κ1) is 18.8. The van der Waals surface area contributed by atoms with Gasteiger partial charge in [-0.3, -0.25) is 0 Å². The molecule has 0 heterocycles. The van der Waals surface area contributed by atoms with Crippen molar-refractivity contribution in [2.45, 2.75) is 65.0 Å². The van der Waals surface area contributed by atoms with Gasteiger partial charge in [0.1, 0.15) is 0 Å². The van der Waals surface area contributed by atoms with Crippen LogP contribution in [0.3, 0.4) is 0 Å². The van der Waals surface area contributed by atoms with Gasteiger partial charge >= 0.3 is 0 Å². The van der Waals surface area contributed by atoms with Crippen LogP contribution in [0.15, 0.2) is 0 Å². The molecule has 0 saturated heterocycles. The van der Waals surface area contributed by atoms with Gasteiger partial charge in [-0.2, -0.15) is 0 Å². The summed E-state index contributed by atoms with van der Waals surface area (Å²) in [5.41, 5.74) is 0. The van der Waals surface area contributed by atoms with E-state index in [1.54, 1.807) is 0 Å². The second kappa shape index (κ2) is 12.9. The predicted octanol–water partition coefficient (Wildman–Crippen LogP) is 1.94. The van der Waals surface area contributed by atoms with E-state index in [4.69, 9.17) is 4.74 Å². The van der Waals surface area contributed by atoms with E-state index >= 15 is 0 Å². The molecule has 0 spiro atoms. The number of ether oxygens (including phenoxy) is 1. The van der Waals surface area contributed by atoms with Gasteiger partial charge in [-0.25, -0.2) is 0 Å². The van der Waals surface area contributed by atoms with Gasteiger partial charge in [0.15, 0.2) is 0 Å². The zero-order valence-electron chi connectivity index (χ0n) is 12.9. The van der Waals surface area contributed by atoms with Crippen LogP contribution in [-0.4, -0.2) is 48.7 Å². The molecule has 19 heavy (non-hydrogen) atoms. The second-order valence-electron chi connectivity index (χ2n) is 5.71. The third kappa shape index (κ3) is 12.6. The van der Waals surface area contributed by atoms with E-state index in [0.717, 1.165) is 19.4 Å². The van der Waals surface area contributed by atoms with Gasteiger partial charge in [0.2, 0.25) is 0 Å². The Hall–Kier alpha value is -0.160. The van der Waals surface area contributed by atoms with E-state index in [-0.39, 0.29) is 12.6 Å². The maximum atomic E-state index is 9.76. The lowest BCUT2D eigenvalue weighted by Gasteiger charge is -2.20. The predicted molar refractivity (Wildman–Crippen MR) is 79.3 cm³/mol. The fourth-order valence-electron chi connectivity index (χ4n) is 2.00. The monoisotopic (exact) mass is 275 g/mol. The molecule has 2 atom stereocenters. The highest BCUT2D eigenvalue weighted by Gasteiger charge is 2.11. The maximum Gasteiger partial charge on any atom is 0.0897 e. The topological polar surface area (TPSA) is 61.7 Å². The molecule has 0 aliphatic heterocycles. The number of aliphatic hydroxyl groups excluding tert-OH is 2. The number of unbranched alkanes of at least 4 members (excludes halogenated alkanes) is 3. The van der Waals surface area contributed by atoms with E-state index in [2.05, 4.69) is 26.1 Å². The van der Waals surface area contributed by atoms with E-state index in [9.17, 15) is 10.2 Å². The Balaban J connectivity index is 3.49. The summed E-state index contributed by atoms with van der Waals surface area (Å²) in [5, 5.41) is 22.2. The summed E-state index contributed by atoms with van der Waals surface area (Å²) >= 11 is 0. The van der Waals surface area contributed by atoms with Crippen molar-refractivity contribution in [1.29, 1.82) is 0 Å². The third-order valence-corrected chi connectivity index (χ3v) is 3.07. The molecule has 4 nitrogen and oxygen atoms in total. The molecule has 0 aromatic rings. The molecular weight excluding hydrogens is 242 g/mol. The van der Waals surface area contributed by atoms with Crippen molar-refractivity contribution in [2.24, 2.45) is 5.92 Å². The highest BCUT2D eigenvalue weighted by atomic mass is 16.5. The van der Waals surface area contributed by atoms with Crippen molar-refractivity contribution in [2.75, 3.05) is 26.4 Å². The number of hydrogen-bond donors (Lipinski definition) is 3. The Morgan fingerprint density at radius 2 is 1.89 bits per heavy atom. The number of rotatable bonds is 13. The summed E-state index contributed by atoms with van der Waals surface area (Å²) in [6.07, 6.45) is 5.17. The molecule has 0 fully saturated rings. The lowest BCUT2D eigenvalue weighted by molar-refractivity contribution is 0.0325. The molecule has 0 aliphatic carbocycles. The summed E-state index contributed by atoms with van der Waals surface area (Å²) in [6, 6.07) is 0.0687. The van der Waals surface area contributed by atoms with Crippen LogP contribution in [0.5, 0.6) is 0 Å². The molecule has 0 aromatic carbocycles. The second-order valence-corrected chi connectivity index (χ2v) is 5.71. The molecule has 0 aliphatic rings. The molecule has 116 valence electrons.